The zero-order valence-electron chi connectivity index (χ0n) is 10.1. The number of ether oxygens (including phenoxy) is 3. The molecule has 0 aromatic rings. The van der Waals surface area contributed by atoms with E-state index < -0.39 is 0 Å². The summed E-state index contributed by atoms with van der Waals surface area (Å²) < 4.78 is 15.9. The van der Waals surface area contributed by atoms with E-state index in [-0.39, 0.29) is 0 Å². The van der Waals surface area contributed by atoms with Crippen molar-refractivity contribution < 1.29 is 14.2 Å². The summed E-state index contributed by atoms with van der Waals surface area (Å²) in [7, 11) is 1.68. The molecule has 2 aliphatic carbocycles. The molecule has 0 aromatic carbocycles. The molecule has 0 spiro atoms. The lowest BCUT2D eigenvalue weighted by atomic mass is 9.95. The first-order chi connectivity index (χ1) is 7.90. The van der Waals surface area contributed by atoms with Crippen molar-refractivity contribution in [2.75, 3.05) is 40.1 Å². The van der Waals surface area contributed by atoms with Gasteiger partial charge in [-0.15, -0.1) is 0 Å². The lowest BCUT2D eigenvalue weighted by molar-refractivity contribution is 0.0131. The third-order valence-electron chi connectivity index (χ3n) is 3.55. The molecule has 2 aliphatic rings. The van der Waals surface area contributed by atoms with Crippen molar-refractivity contribution in [1.29, 1.82) is 0 Å². The molecule has 0 N–H and O–H groups in total. The molecule has 0 saturated heterocycles. The predicted octanol–water partition coefficient (Wildman–Crippen LogP) is 1.88. The Balaban J connectivity index is 1.45. The van der Waals surface area contributed by atoms with Crippen molar-refractivity contribution in [3.8, 4) is 0 Å². The Morgan fingerprint density at radius 3 is 2.50 bits per heavy atom. The van der Waals surface area contributed by atoms with Gasteiger partial charge in [0.05, 0.1) is 33.0 Å². The third kappa shape index (κ3) is 3.30. The lowest BCUT2D eigenvalue weighted by Crippen LogP contribution is -2.17. The van der Waals surface area contributed by atoms with Gasteiger partial charge in [-0.2, -0.15) is 0 Å². The minimum Gasteiger partial charge on any atom is -0.382 e. The second kappa shape index (κ2) is 6.38. The maximum atomic E-state index is 5.65. The average Bonchev–Trinajstić information content (AvgIpc) is 2.90. The molecule has 2 bridgehead atoms. The highest BCUT2D eigenvalue weighted by Crippen LogP contribution is 2.43. The SMILES string of the molecule is COCCOCCOCC1CC2C=CC1C2. The van der Waals surface area contributed by atoms with Crippen molar-refractivity contribution in [2.45, 2.75) is 12.8 Å². The van der Waals surface area contributed by atoms with Crippen LogP contribution in [0.1, 0.15) is 12.8 Å². The number of rotatable bonds is 8. The Labute approximate surface area is 97.8 Å². The summed E-state index contributed by atoms with van der Waals surface area (Å²) in [5.41, 5.74) is 0. The molecule has 1 fully saturated rings. The fourth-order valence-corrected chi connectivity index (χ4v) is 2.68. The van der Waals surface area contributed by atoms with Gasteiger partial charge in [-0.25, -0.2) is 0 Å². The summed E-state index contributed by atoms with van der Waals surface area (Å²) >= 11 is 0. The molecule has 0 radical (unpaired) electrons. The fraction of sp³-hybridized carbons (Fsp3) is 0.846. The molecule has 16 heavy (non-hydrogen) atoms. The van der Waals surface area contributed by atoms with Crippen molar-refractivity contribution in [3.63, 3.8) is 0 Å². The Kier molecular flexibility index (Phi) is 4.82. The van der Waals surface area contributed by atoms with Gasteiger partial charge in [0.15, 0.2) is 0 Å². The van der Waals surface area contributed by atoms with Crippen molar-refractivity contribution in [2.24, 2.45) is 17.8 Å². The monoisotopic (exact) mass is 226 g/mol. The van der Waals surface area contributed by atoms with E-state index in [0.29, 0.717) is 26.4 Å². The first kappa shape index (κ1) is 12.1. The minimum atomic E-state index is 0.663. The van der Waals surface area contributed by atoms with Crippen molar-refractivity contribution >= 4 is 0 Å². The summed E-state index contributed by atoms with van der Waals surface area (Å²) in [5.74, 6) is 2.39. The van der Waals surface area contributed by atoms with E-state index in [1.807, 2.05) is 0 Å². The largest absolute Gasteiger partial charge is 0.382 e. The quantitative estimate of drug-likeness (QED) is 0.467. The van der Waals surface area contributed by atoms with Crippen LogP contribution in [0.4, 0.5) is 0 Å². The van der Waals surface area contributed by atoms with Crippen molar-refractivity contribution in [1.82, 2.24) is 0 Å². The minimum absolute atomic E-state index is 0.663. The number of hydrogen-bond donors (Lipinski definition) is 0. The van der Waals surface area contributed by atoms with Gasteiger partial charge in [-0.1, -0.05) is 12.2 Å². The molecule has 0 aromatic heterocycles. The van der Waals surface area contributed by atoms with Gasteiger partial charge >= 0.3 is 0 Å². The zero-order chi connectivity index (χ0) is 11.2. The Morgan fingerprint density at radius 1 is 1.00 bits per heavy atom. The summed E-state index contributed by atoms with van der Waals surface area (Å²) in [6.07, 6.45) is 7.43. The molecule has 3 heteroatoms. The normalized spacial score (nSPS) is 31.4. The third-order valence-corrected chi connectivity index (χ3v) is 3.55. The molecule has 2 rings (SSSR count). The molecule has 0 aliphatic heterocycles. The van der Waals surface area contributed by atoms with Crippen LogP contribution in [-0.4, -0.2) is 40.1 Å². The number of fused-ring (bicyclic) bond motifs is 2. The number of hydrogen-bond acceptors (Lipinski definition) is 3. The molecule has 92 valence electrons. The maximum Gasteiger partial charge on any atom is 0.0701 e. The first-order valence-electron chi connectivity index (χ1n) is 6.23. The van der Waals surface area contributed by atoms with Gasteiger partial charge in [0, 0.05) is 7.11 Å². The summed E-state index contributed by atoms with van der Waals surface area (Å²) in [6.45, 7) is 3.62. The van der Waals surface area contributed by atoms with Crippen LogP contribution in [0.25, 0.3) is 0 Å². The van der Waals surface area contributed by atoms with Gasteiger partial charge in [0.1, 0.15) is 0 Å². The lowest BCUT2D eigenvalue weighted by Gasteiger charge is -2.17. The van der Waals surface area contributed by atoms with Crippen LogP contribution in [-0.2, 0) is 14.2 Å². The molecule has 1 saturated carbocycles. The molecule has 3 nitrogen and oxygen atoms in total. The maximum absolute atomic E-state index is 5.65. The van der Waals surface area contributed by atoms with E-state index in [9.17, 15) is 0 Å². The van der Waals surface area contributed by atoms with Crippen LogP contribution >= 0.6 is 0 Å². The highest BCUT2D eigenvalue weighted by Gasteiger charge is 2.35. The Hall–Kier alpha value is -0.380. The van der Waals surface area contributed by atoms with Crippen LogP contribution in [0.15, 0.2) is 12.2 Å². The first-order valence-corrected chi connectivity index (χ1v) is 6.23. The van der Waals surface area contributed by atoms with Gasteiger partial charge in [-0.3, -0.25) is 0 Å². The number of allylic oxidation sites excluding steroid dienone is 2. The van der Waals surface area contributed by atoms with Gasteiger partial charge in [0.2, 0.25) is 0 Å². The highest BCUT2D eigenvalue weighted by molar-refractivity contribution is 5.09. The molecular formula is C13H22O3. The zero-order valence-corrected chi connectivity index (χ0v) is 10.1. The molecule has 3 atom stereocenters. The standard InChI is InChI=1S/C13H22O3/c1-14-4-5-15-6-7-16-10-13-9-11-2-3-12(13)8-11/h2-3,11-13H,4-10H2,1H3. The number of methoxy groups -OCH3 is 1. The molecular weight excluding hydrogens is 204 g/mol. The topological polar surface area (TPSA) is 27.7 Å². The summed E-state index contributed by atoms with van der Waals surface area (Å²) in [6, 6.07) is 0. The van der Waals surface area contributed by atoms with Crippen LogP contribution < -0.4 is 0 Å². The van der Waals surface area contributed by atoms with Crippen molar-refractivity contribution in [3.05, 3.63) is 12.2 Å². The van der Waals surface area contributed by atoms with Gasteiger partial charge < -0.3 is 14.2 Å². The van der Waals surface area contributed by atoms with E-state index in [4.69, 9.17) is 14.2 Å². The van der Waals surface area contributed by atoms with Gasteiger partial charge in [-0.05, 0) is 30.6 Å². The van der Waals surface area contributed by atoms with E-state index >= 15 is 0 Å². The second-order valence-corrected chi connectivity index (χ2v) is 4.72. The van der Waals surface area contributed by atoms with Crippen LogP contribution in [0.3, 0.4) is 0 Å². The summed E-state index contributed by atoms with van der Waals surface area (Å²) in [4.78, 5) is 0. The summed E-state index contributed by atoms with van der Waals surface area (Å²) in [5, 5.41) is 0. The Morgan fingerprint density at radius 2 is 1.81 bits per heavy atom. The molecule has 0 heterocycles. The fourth-order valence-electron chi connectivity index (χ4n) is 2.68. The van der Waals surface area contributed by atoms with E-state index in [1.54, 1.807) is 7.11 Å². The van der Waals surface area contributed by atoms with Gasteiger partial charge in [0.25, 0.3) is 0 Å². The van der Waals surface area contributed by atoms with E-state index in [1.165, 1.54) is 12.8 Å². The predicted molar refractivity (Wildman–Crippen MR) is 62.4 cm³/mol. The van der Waals surface area contributed by atoms with Crippen LogP contribution in [0, 0.1) is 17.8 Å². The van der Waals surface area contributed by atoms with Crippen LogP contribution in [0.5, 0.6) is 0 Å². The average molecular weight is 226 g/mol. The van der Waals surface area contributed by atoms with E-state index in [0.717, 1.165) is 24.4 Å². The van der Waals surface area contributed by atoms with E-state index in [2.05, 4.69) is 12.2 Å². The Bertz CT molecular complexity index is 227. The smallest absolute Gasteiger partial charge is 0.0701 e. The van der Waals surface area contributed by atoms with Crippen LogP contribution in [0.2, 0.25) is 0 Å². The second-order valence-electron chi connectivity index (χ2n) is 4.72. The molecule has 0 amide bonds. The highest BCUT2D eigenvalue weighted by atomic mass is 16.5. The molecule has 3 unspecified atom stereocenters.